The molecule has 1 fully saturated rings. The van der Waals surface area contributed by atoms with E-state index in [1.165, 1.54) is 11.1 Å². The monoisotopic (exact) mass is 306 g/mol. The lowest BCUT2D eigenvalue weighted by atomic mass is 10.1. The van der Waals surface area contributed by atoms with Crippen LogP contribution in [0.2, 0.25) is 0 Å². The van der Waals surface area contributed by atoms with Crippen molar-refractivity contribution in [2.75, 3.05) is 32.8 Å². The molecule has 0 atom stereocenters. The van der Waals surface area contributed by atoms with Gasteiger partial charge in [-0.3, -0.25) is 4.90 Å². The van der Waals surface area contributed by atoms with Crippen LogP contribution >= 0.6 is 24.8 Å². The molecule has 1 saturated heterocycles. The Morgan fingerprint density at radius 1 is 1.00 bits per heavy atom. The maximum atomic E-state index is 8.79. The summed E-state index contributed by atoms with van der Waals surface area (Å²) in [6, 6.07) is 8.81. The Morgan fingerprint density at radius 3 is 2.16 bits per heavy atom. The van der Waals surface area contributed by atoms with Gasteiger partial charge in [0.05, 0.1) is 0 Å². The average molecular weight is 307 g/mol. The fourth-order valence-corrected chi connectivity index (χ4v) is 2.22. The Bertz CT molecular complexity index is 327. The van der Waals surface area contributed by atoms with E-state index in [1.54, 1.807) is 0 Å². The van der Waals surface area contributed by atoms with Gasteiger partial charge in [-0.25, -0.2) is 0 Å². The van der Waals surface area contributed by atoms with Crippen molar-refractivity contribution in [1.82, 2.24) is 10.2 Å². The SMILES string of the molecule is Cl.Cl.OCCCc1ccc(CN2CCNCC2)cc1. The lowest BCUT2D eigenvalue weighted by Gasteiger charge is -2.27. The normalized spacial score (nSPS) is 15.4. The molecule has 0 unspecified atom stereocenters. The first-order valence-corrected chi connectivity index (χ1v) is 6.50. The first-order chi connectivity index (χ1) is 8.38. The molecule has 0 radical (unpaired) electrons. The quantitative estimate of drug-likeness (QED) is 0.871. The molecule has 0 aromatic heterocycles. The topological polar surface area (TPSA) is 35.5 Å². The number of aliphatic hydroxyl groups is 1. The maximum absolute atomic E-state index is 8.79. The van der Waals surface area contributed by atoms with E-state index in [0.29, 0.717) is 0 Å². The third-order valence-electron chi connectivity index (χ3n) is 3.26. The van der Waals surface area contributed by atoms with E-state index in [4.69, 9.17) is 5.11 Å². The van der Waals surface area contributed by atoms with Crippen molar-refractivity contribution in [3.63, 3.8) is 0 Å². The summed E-state index contributed by atoms with van der Waals surface area (Å²) >= 11 is 0. The number of nitrogens with zero attached hydrogens (tertiary/aromatic N) is 1. The summed E-state index contributed by atoms with van der Waals surface area (Å²) in [5.41, 5.74) is 2.71. The van der Waals surface area contributed by atoms with Gasteiger partial charge in [0.15, 0.2) is 0 Å². The summed E-state index contributed by atoms with van der Waals surface area (Å²) in [5.74, 6) is 0. The minimum Gasteiger partial charge on any atom is -0.396 e. The molecule has 5 heteroatoms. The van der Waals surface area contributed by atoms with Gasteiger partial charge in [-0.2, -0.15) is 0 Å². The summed E-state index contributed by atoms with van der Waals surface area (Å²) in [7, 11) is 0. The van der Waals surface area contributed by atoms with Gasteiger partial charge in [-0.15, -0.1) is 24.8 Å². The van der Waals surface area contributed by atoms with Crippen LogP contribution in [0.3, 0.4) is 0 Å². The van der Waals surface area contributed by atoms with Crippen LogP contribution in [-0.4, -0.2) is 42.8 Å². The first kappa shape index (κ1) is 18.7. The molecule has 1 heterocycles. The molecule has 1 aromatic rings. The van der Waals surface area contributed by atoms with E-state index in [0.717, 1.165) is 45.6 Å². The molecule has 1 aliphatic heterocycles. The summed E-state index contributed by atoms with van der Waals surface area (Å²) < 4.78 is 0. The smallest absolute Gasteiger partial charge is 0.0434 e. The van der Waals surface area contributed by atoms with Gasteiger partial charge in [0.2, 0.25) is 0 Å². The van der Waals surface area contributed by atoms with Gasteiger partial charge in [0.25, 0.3) is 0 Å². The molecule has 3 nitrogen and oxygen atoms in total. The zero-order valence-electron chi connectivity index (χ0n) is 11.2. The van der Waals surface area contributed by atoms with Crippen molar-refractivity contribution in [2.24, 2.45) is 0 Å². The van der Waals surface area contributed by atoms with Gasteiger partial charge >= 0.3 is 0 Å². The van der Waals surface area contributed by atoms with Crippen molar-refractivity contribution in [2.45, 2.75) is 19.4 Å². The molecule has 0 bridgehead atoms. The summed E-state index contributed by atoms with van der Waals surface area (Å²) in [6.45, 7) is 5.84. The Hall–Kier alpha value is -0.320. The number of nitrogens with one attached hydrogen (secondary N) is 1. The zero-order valence-corrected chi connectivity index (χ0v) is 12.8. The fourth-order valence-electron chi connectivity index (χ4n) is 2.22. The molecule has 0 aliphatic carbocycles. The number of piperazine rings is 1. The van der Waals surface area contributed by atoms with Crippen LogP contribution in [0.15, 0.2) is 24.3 Å². The number of rotatable bonds is 5. The van der Waals surface area contributed by atoms with Crippen molar-refractivity contribution in [3.05, 3.63) is 35.4 Å². The van der Waals surface area contributed by atoms with E-state index in [2.05, 4.69) is 34.5 Å². The van der Waals surface area contributed by atoms with Crippen LogP contribution in [0.25, 0.3) is 0 Å². The Morgan fingerprint density at radius 2 is 1.58 bits per heavy atom. The van der Waals surface area contributed by atoms with Gasteiger partial charge in [-0.1, -0.05) is 24.3 Å². The lowest BCUT2D eigenvalue weighted by Crippen LogP contribution is -2.42. The predicted molar refractivity (Wildman–Crippen MR) is 84.5 cm³/mol. The third-order valence-corrected chi connectivity index (χ3v) is 3.26. The Kier molecular flexibility index (Phi) is 10.3. The molecule has 0 spiro atoms. The van der Waals surface area contributed by atoms with Crippen LogP contribution < -0.4 is 5.32 Å². The summed E-state index contributed by atoms with van der Waals surface area (Å²) in [4.78, 5) is 2.49. The molecule has 1 aliphatic rings. The minimum absolute atomic E-state index is 0. The van der Waals surface area contributed by atoms with Crippen LogP contribution in [0, 0.1) is 0 Å². The average Bonchev–Trinajstić information content (AvgIpc) is 2.39. The number of hydrogen-bond acceptors (Lipinski definition) is 3. The van der Waals surface area contributed by atoms with Gasteiger partial charge in [0.1, 0.15) is 0 Å². The second-order valence-electron chi connectivity index (χ2n) is 4.67. The number of halogens is 2. The molecule has 0 amide bonds. The predicted octanol–water partition coefficient (Wildman–Crippen LogP) is 1.86. The number of benzene rings is 1. The van der Waals surface area contributed by atoms with Crippen LogP contribution in [0.5, 0.6) is 0 Å². The van der Waals surface area contributed by atoms with Gasteiger partial charge in [-0.05, 0) is 24.0 Å². The number of hydrogen-bond donors (Lipinski definition) is 2. The van der Waals surface area contributed by atoms with Crippen LogP contribution in [0.1, 0.15) is 17.5 Å². The highest BCUT2D eigenvalue weighted by Gasteiger charge is 2.09. The van der Waals surface area contributed by atoms with E-state index < -0.39 is 0 Å². The minimum atomic E-state index is 0. The molecule has 110 valence electrons. The summed E-state index contributed by atoms with van der Waals surface area (Å²) in [6.07, 6.45) is 1.83. The molecular weight excluding hydrogens is 283 g/mol. The van der Waals surface area contributed by atoms with Gasteiger partial charge < -0.3 is 10.4 Å². The van der Waals surface area contributed by atoms with Crippen LogP contribution in [-0.2, 0) is 13.0 Å². The molecule has 1 aromatic carbocycles. The third kappa shape index (κ3) is 6.59. The zero-order chi connectivity index (χ0) is 11.9. The molecule has 2 N–H and O–H groups in total. The number of aryl methyl sites for hydroxylation is 1. The second-order valence-corrected chi connectivity index (χ2v) is 4.67. The van der Waals surface area contributed by atoms with Crippen LogP contribution in [0.4, 0.5) is 0 Å². The van der Waals surface area contributed by atoms with Crippen molar-refractivity contribution < 1.29 is 5.11 Å². The van der Waals surface area contributed by atoms with Crippen molar-refractivity contribution >= 4 is 24.8 Å². The molecule has 19 heavy (non-hydrogen) atoms. The number of aliphatic hydroxyl groups excluding tert-OH is 1. The fraction of sp³-hybridized carbons (Fsp3) is 0.571. The maximum Gasteiger partial charge on any atom is 0.0434 e. The van der Waals surface area contributed by atoms with Crippen molar-refractivity contribution in [3.8, 4) is 0 Å². The highest BCUT2D eigenvalue weighted by atomic mass is 35.5. The molecule has 2 rings (SSSR count). The molecule has 0 saturated carbocycles. The first-order valence-electron chi connectivity index (χ1n) is 6.50. The van der Waals surface area contributed by atoms with Crippen molar-refractivity contribution in [1.29, 1.82) is 0 Å². The lowest BCUT2D eigenvalue weighted by molar-refractivity contribution is 0.233. The van der Waals surface area contributed by atoms with E-state index >= 15 is 0 Å². The summed E-state index contributed by atoms with van der Waals surface area (Å²) in [5, 5.41) is 12.2. The van der Waals surface area contributed by atoms with E-state index in [9.17, 15) is 0 Å². The Labute approximate surface area is 128 Å². The Balaban J connectivity index is 0.00000162. The standard InChI is InChI=1S/C14H22N2O.2ClH/c17-11-1-2-13-3-5-14(6-4-13)12-16-9-7-15-8-10-16;;/h3-6,15,17H,1-2,7-12H2;2*1H. The van der Waals surface area contributed by atoms with E-state index in [1.807, 2.05) is 0 Å². The second kappa shape index (κ2) is 10.5. The highest BCUT2D eigenvalue weighted by molar-refractivity contribution is 5.85. The molecular formula is C14H24Cl2N2O. The largest absolute Gasteiger partial charge is 0.396 e. The van der Waals surface area contributed by atoms with E-state index in [-0.39, 0.29) is 31.4 Å². The highest BCUT2D eigenvalue weighted by Crippen LogP contribution is 2.09. The van der Waals surface area contributed by atoms with Gasteiger partial charge in [0, 0.05) is 39.3 Å².